The SMILES string of the molecule is O=C(CSc1ncnc2ccccc12)Cc1ccc2nsnc2c1. The number of hydrogen-bond acceptors (Lipinski definition) is 7. The minimum Gasteiger partial charge on any atom is -0.298 e. The molecule has 0 bridgehead atoms. The largest absolute Gasteiger partial charge is 0.298 e. The summed E-state index contributed by atoms with van der Waals surface area (Å²) >= 11 is 2.64. The standard InChI is InChI=1S/C17H12N4OS2/c22-12(7-11-5-6-15-16(8-11)21-24-20-15)9-23-17-13-3-1-2-4-14(13)18-10-19-17/h1-6,8,10H,7,9H2. The van der Waals surface area contributed by atoms with Crippen LogP contribution >= 0.6 is 23.5 Å². The van der Waals surface area contributed by atoms with E-state index in [4.69, 9.17) is 0 Å². The van der Waals surface area contributed by atoms with Gasteiger partial charge in [-0.1, -0.05) is 36.0 Å². The Hall–Kier alpha value is -2.38. The lowest BCUT2D eigenvalue weighted by Crippen LogP contribution is -2.06. The van der Waals surface area contributed by atoms with Crippen molar-refractivity contribution in [2.45, 2.75) is 11.4 Å². The maximum Gasteiger partial charge on any atom is 0.147 e. The number of thioether (sulfide) groups is 1. The highest BCUT2D eigenvalue weighted by molar-refractivity contribution is 8.00. The van der Waals surface area contributed by atoms with Crippen LogP contribution in [0, 0.1) is 0 Å². The first-order valence-corrected chi connectivity index (χ1v) is 9.06. The summed E-state index contributed by atoms with van der Waals surface area (Å²) in [6.45, 7) is 0. The molecule has 2 aromatic carbocycles. The number of carbonyl (C=O) groups excluding carboxylic acids is 1. The van der Waals surface area contributed by atoms with E-state index in [1.54, 1.807) is 0 Å². The van der Waals surface area contributed by atoms with Gasteiger partial charge in [0.1, 0.15) is 28.2 Å². The van der Waals surface area contributed by atoms with E-state index in [2.05, 4.69) is 18.7 Å². The molecular weight excluding hydrogens is 340 g/mol. The molecule has 0 amide bonds. The Labute approximate surface area is 146 Å². The van der Waals surface area contributed by atoms with Gasteiger partial charge in [-0.25, -0.2) is 9.97 Å². The summed E-state index contributed by atoms with van der Waals surface area (Å²) in [6.07, 6.45) is 1.93. The molecule has 0 aliphatic rings. The second-order valence-electron chi connectivity index (χ2n) is 5.29. The average molecular weight is 352 g/mol. The van der Waals surface area contributed by atoms with Gasteiger partial charge in [-0.2, -0.15) is 8.75 Å². The van der Waals surface area contributed by atoms with Crippen molar-refractivity contribution in [2.24, 2.45) is 0 Å². The fourth-order valence-electron chi connectivity index (χ4n) is 2.46. The molecule has 118 valence electrons. The molecule has 2 heterocycles. The van der Waals surface area contributed by atoms with Crippen molar-refractivity contribution in [3.05, 3.63) is 54.4 Å². The van der Waals surface area contributed by atoms with Gasteiger partial charge in [0.2, 0.25) is 0 Å². The molecule has 5 nitrogen and oxygen atoms in total. The van der Waals surface area contributed by atoms with Crippen molar-refractivity contribution in [1.82, 2.24) is 18.7 Å². The zero-order valence-corrected chi connectivity index (χ0v) is 14.2. The van der Waals surface area contributed by atoms with Crippen molar-refractivity contribution in [3.63, 3.8) is 0 Å². The van der Waals surface area contributed by atoms with Crippen LogP contribution in [0.25, 0.3) is 21.9 Å². The Morgan fingerprint density at radius 2 is 1.88 bits per heavy atom. The average Bonchev–Trinajstić information content (AvgIpc) is 3.07. The quantitative estimate of drug-likeness (QED) is 0.404. The molecule has 2 aromatic heterocycles. The summed E-state index contributed by atoms with van der Waals surface area (Å²) in [5, 5.41) is 1.82. The lowest BCUT2D eigenvalue weighted by atomic mass is 10.1. The van der Waals surface area contributed by atoms with Crippen molar-refractivity contribution in [1.29, 1.82) is 0 Å². The van der Waals surface area contributed by atoms with E-state index in [0.717, 1.165) is 32.5 Å². The minimum atomic E-state index is 0.158. The Morgan fingerprint density at radius 1 is 1.00 bits per heavy atom. The second-order valence-corrected chi connectivity index (χ2v) is 6.78. The molecule has 0 atom stereocenters. The number of Topliss-reactive ketones (excluding diaryl/α,β-unsaturated/α-hetero) is 1. The van der Waals surface area contributed by atoms with Crippen LogP contribution in [-0.4, -0.2) is 30.3 Å². The van der Waals surface area contributed by atoms with Gasteiger partial charge in [0.05, 0.1) is 23.0 Å². The van der Waals surface area contributed by atoms with Crippen LogP contribution < -0.4 is 0 Å². The zero-order chi connectivity index (χ0) is 16.4. The van der Waals surface area contributed by atoms with Crippen LogP contribution in [-0.2, 0) is 11.2 Å². The summed E-state index contributed by atoms with van der Waals surface area (Å²) in [5.74, 6) is 0.541. The first kappa shape index (κ1) is 15.2. The molecule has 24 heavy (non-hydrogen) atoms. The topological polar surface area (TPSA) is 68.6 Å². The predicted octanol–water partition coefficient (Wildman–Crippen LogP) is 3.54. The summed E-state index contributed by atoms with van der Waals surface area (Å²) < 4.78 is 8.38. The molecule has 0 saturated heterocycles. The first-order chi connectivity index (χ1) is 11.8. The molecule has 7 heteroatoms. The Balaban J connectivity index is 1.46. The van der Waals surface area contributed by atoms with E-state index in [0.29, 0.717) is 12.2 Å². The third-order valence-electron chi connectivity index (χ3n) is 3.60. The summed E-state index contributed by atoms with van der Waals surface area (Å²) in [7, 11) is 0. The van der Waals surface area contributed by atoms with Gasteiger partial charge in [0.25, 0.3) is 0 Å². The van der Waals surface area contributed by atoms with Crippen LogP contribution in [0.2, 0.25) is 0 Å². The summed E-state index contributed by atoms with van der Waals surface area (Å²) in [5.41, 5.74) is 3.58. The van der Waals surface area contributed by atoms with Crippen molar-refractivity contribution in [3.8, 4) is 0 Å². The van der Waals surface area contributed by atoms with E-state index in [1.165, 1.54) is 29.8 Å². The van der Waals surface area contributed by atoms with E-state index in [-0.39, 0.29) is 5.78 Å². The molecule has 0 radical (unpaired) electrons. The fourth-order valence-corrected chi connectivity index (χ4v) is 3.83. The summed E-state index contributed by atoms with van der Waals surface area (Å²) in [4.78, 5) is 20.8. The molecule has 0 saturated carbocycles. The van der Waals surface area contributed by atoms with Gasteiger partial charge in [0, 0.05) is 11.8 Å². The Kier molecular flexibility index (Phi) is 4.18. The highest BCUT2D eigenvalue weighted by atomic mass is 32.2. The highest BCUT2D eigenvalue weighted by Crippen LogP contribution is 2.24. The Morgan fingerprint density at radius 3 is 2.83 bits per heavy atom. The van der Waals surface area contributed by atoms with E-state index < -0.39 is 0 Å². The third kappa shape index (κ3) is 3.13. The van der Waals surface area contributed by atoms with Gasteiger partial charge in [-0.3, -0.25) is 4.79 Å². The molecule has 4 rings (SSSR count). The molecular formula is C17H12N4OS2. The lowest BCUT2D eigenvalue weighted by molar-refractivity contribution is -0.116. The van der Waals surface area contributed by atoms with Crippen molar-refractivity contribution >= 4 is 51.2 Å². The van der Waals surface area contributed by atoms with Gasteiger partial charge in [-0.05, 0) is 23.8 Å². The van der Waals surface area contributed by atoms with Crippen molar-refractivity contribution in [2.75, 3.05) is 5.75 Å². The van der Waals surface area contributed by atoms with Gasteiger partial charge >= 0.3 is 0 Å². The zero-order valence-electron chi connectivity index (χ0n) is 12.5. The maximum atomic E-state index is 12.3. The molecule has 0 aliphatic heterocycles. The number of carbonyl (C=O) groups is 1. The van der Waals surface area contributed by atoms with Gasteiger partial charge in [-0.15, -0.1) is 0 Å². The summed E-state index contributed by atoms with van der Waals surface area (Å²) in [6, 6.07) is 13.6. The number of ketones is 1. The van der Waals surface area contributed by atoms with Crippen LogP contribution in [0.5, 0.6) is 0 Å². The highest BCUT2D eigenvalue weighted by Gasteiger charge is 2.09. The van der Waals surface area contributed by atoms with E-state index in [9.17, 15) is 4.79 Å². The third-order valence-corrected chi connectivity index (χ3v) is 5.22. The molecule has 0 unspecified atom stereocenters. The molecule has 0 spiro atoms. The molecule has 4 aromatic rings. The normalized spacial score (nSPS) is 11.2. The van der Waals surface area contributed by atoms with E-state index >= 15 is 0 Å². The molecule has 0 aliphatic carbocycles. The van der Waals surface area contributed by atoms with E-state index in [1.807, 2.05) is 42.5 Å². The fraction of sp³-hybridized carbons (Fsp3) is 0.118. The number of benzene rings is 2. The van der Waals surface area contributed by atoms with Crippen LogP contribution in [0.15, 0.2) is 53.8 Å². The smallest absolute Gasteiger partial charge is 0.147 e. The van der Waals surface area contributed by atoms with Crippen LogP contribution in [0.1, 0.15) is 5.56 Å². The second kappa shape index (κ2) is 6.62. The van der Waals surface area contributed by atoms with Gasteiger partial charge < -0.3 is 0 Å². The number of para-hydroxylation sites is 1. The monoisotopic (exact) mass is 352 g/mol. The maximum absolute atomic E-state index is 12.3. The predicted molar refractivity (Wildman–Crippen MR) is 96.4 cm³/mol. The number of rotatable bonds is 5. The lowest BCUT2D eigenvalue weighted by Gasteiger charge is -2.04. The van der Waals surface area contributed by atoms with Crippen molar-refractivity contribution < 1.29 is 4.79 Å². The number of aromatic nitrogens is 4. The Bertz CT molecular complexity index is 1030. The number of fused-ring (bicyclic) bond motifs is 2. The minimum absolute atomic E-state index is 0.158. The first-order valence-electron chi connectivity index (χ1n) is 7.35. The number of nitrogens with zero attached hydrogens (tertiary/aromatic N) is 4. The van der Waals surface area contributed by atoms with Gasteiger partial charge in [0.15, 0.2) is 0 Å². The van der Waals surface area contributed by atoms with Crippen LogP contribution in [0.3, 0.4) is 0 Å². The molecule has 0 fully saturated rings. The van der Waals surface area contributed by atoms with Crippen LogP contribution in [0.4, 0.5) is 0 Å². The number of hydrogen-bond donors (Lipinski definition) is 0. The molecule has 0 N–H and O–H groups in total.